The Morgan fingerprint density at radius 3 is 2.54 bits per heavy atom. The minimum absolute atomic E-state index is 0.521. The summed E-state index contributed by atoms with van der Waals surface area (Å²) >= 11 is 0. The molecule has 1 aromatic heterocycles. The summed E-state index contributed by atoms with van der Waals surface area (Å²) in [6.07, 6.45) is 8.95. The van der Waals surface area contributed by atoms with Gasteiger partial charge in [0.05, 0.1) is 0 Å². The van der Waals surface area contributed by atoms with Gasteiger partial charge in [0.25, 0.3) is 0 Å². The third-order valence-corrected chi connectivity index (χ3v) is 4.85. The van der Waals surface area contributed by atoms with Crippen LogP contribution < -0.4 is 15.1 Å². The molecule has 1 aliphatic heterocycles. The van der Waals surface area contributed by atoms with E-state index in [2.05, 4.69) is 10.3 Å². The molecular formula is C19H23N3O2. The Hall–Kier alpha value is -2.27. The number of para-hydroxylation sites is 2. The number of fused-ring (bicyclic) bond motifs is 1. The Morgan fingerprint density at radius 1 is 1.04 bits per heavy atom. The minimum atomic E-state index is -0.540. The molecule has 5 nitrogen and oxygen atoms in total. The quantitative estimate of drug-likeness (QED) is 0.814. The van der Waals surface area contributed by atoms with Crippen molar-refractivity contribution in [2.45, 2.75) is 50.8 Å². The number of nitrogens with one attached hydrogen (secondary N) is 1. The Morgan fingerprint density at radius 2 is 1.83 bits per heavy atom. The van der Waals surface area contributed by atoms with Crippen molar-refractivity contribution in [2.24, 2.45) is 0 Å². The smallest absolute Gasteiger partial charge is 0.223 e. The van der Waals surface area contributed by atoms with Gasteiger partial charge in [-0.05, 0) is 37.1 Å². The minimum Gasteiger partial charge on any atom is -0.462 e. The number of hydrogen-bond donors (Lipinski definition) is 2. The fraction of sp³-hybridized carbons (Fsp3) is 0.421. The van der Waals surface area contributed by atoms with E-state index in [0.29, 0.717) is 17.5 Å². The van der Waals surface area contributed by atoms with Crippen LogP contribution in [0.1, 0.15) is 50.3 Å². The van der Waals surface area contributed by atoms with E-state index >= 15 is 0 Å². The Kier molecular flexibility index (Phi) is 4.26. The molecule has 1 aromatic carbocycles. The van der Waals surface area contributed by atoms with E-state index in [4.69, 9.17) is 4.74 Å². The standard InChI is InChI=1S/C19H23N3O2/c23-22-16-9-5-6-10-17(16)24-19(22)14-11-12-18(20-13-14)21-15-7-3-1-2-4-8-15/h5-6,9-13,15,19,23H,1-4,7-8H2,(H,20,21). The molecule has 24 heavy (non-hydrogen) atoms. The number of hydroxylamine groups is 1. The number of benzene rings is 1. The van der Waals surface area contributed by atoms with Crippen molar-refractivity contribution in [1.29, 1.82) is 0 Å². The van der Waals surface area contributed by atoms with Gasteiger partial charge in [0.1, 0.15) is 17.3 Å². The highest BCUT2D eigenvalue weighted by Crippen LogP contribution is 2.41. The molecule has 2 aliphatic rings. The highest BCUT2D eigenvalue weighted by molar-refractivity contribution is 5.61. The topological polar surface area (TPSA) is 57.6 Å². The van der Waals surface area contributed by atoms with Crippen molar-refractivity contribution < 1.29 is 9.94 Å². The van der Waals surface area contributed by atoms with Gasteiger partial charge < -0.3 is 10.1 Å². The van der Waals surface area contributed by atoms with Crippen molar-refractivity contribution in [1.82, 2.24) is 4.98 Å². The van der Waals surface area contributed by atoms with Crippen LogP contribution in [0.5, 0.6) is 5.75 Å². The molecule has 0 amide bonds. The largest absolute Gasteiger partial charge is 0.462 e. The Balaban J connectivity index is 1.45. The first kappa shape index (κ1) is 15.3. The Bertz CT molecular complexity index is 681. The summed E-state index contributed by atoms with van der Waals surface area (Å²) in [5, 5.41) is 15.0. The van der Waals surface area contributed by atoms with E-state index in [0.717, 1.165) is 16.4 Å². The van der Waals surface area contributed by atoms with Gasteiger partial charge in [0.2, 0.25) is 6.23 Å². The maximum atomic E-state index is 10.3. The number of ether oxygens (including phenoxy) is 1. The predicted molar refractivity (Wildman–Crippen MR) is 93.4 cm³/mol. The van der Waals surface area contributed by atoms with Gasteiger partial charge in [0.15, 0.2) is 0 Å². The molecule has 0 saturated heterocycles. The van der Waals surface area contributed by atoms with E-state index in [1.54, 1.807) is 6.20 Å². The van der Waals surface area contributed by atoms with Crippen LogP contribution in [0.4, 0.5) is 11.5 Å². The molecular weight excluding hydrogens is 302 g/mol. The third-order valence-electron chi connectivity index (χ3n) is 4.85. The van der Waals surface area contributed by atoms with Crippen molar-refractivity contribution in [3.63, 3.8) is 0 Å². The van der Waals surface area contributed by atoms with Gasteiger partial charge in [0, 0.05) is 17.8 Å². The molecule has 0 spiro atoms. The van der Waals surface area contributed by atoms with E-state index in [1.165, 1.54) is 38.5 Å². The van der Waals surface area contributed by atoms with Gasteiger partial charge in [-0.25, -0.2) is 10.0 Å². The summed E-state index contributed by atoms with van der Waals surface area (Å²) in [7, 11) is 0. The SMILES string of the molecule is ON1c2ccccc2OC1c1ccc(NC2CCCCCC2)nc1. The van der Waals surface area contributed by atoms with Gasteiger partial charge in [-0.15, -0.1) is 0 Å². The molecule has 2 N–H and O–H groups in total. The van der Waals surface area contributed by atoms with Crippen LogP contribution in [0.25, 0.3) is 0 Å². The monoisotopic (exact) mass is 325 g/mol. The first-order valence-electron chi connectivity index (χ1n) is 8.77. The second-order valence-electron chi connectivity index (χ2n) is 6.59. The summed E-state index contributed by atoms with van der Waals surface area (Å²) in [6, 6.07) is 11.9. The van der Waals surface area contributed by atoms with Crippen LogP contribution in [0.15, 0.2) is 42.6 Å². The van der Waals surface area contributed by atoms with Crippen molar-refractivity contribution in [3.05, 3.63) is 48.2 Å². The highest BCUT2D eigenvalue weighted by Gasteiger charge is 2.31. The second kappa shape index (κ2) is 6.69. The zero-order chi connectivity index (χ0) is 16.4. The van der Waals surface area contributed by atoms with Gasteiger partial charge in [-0.3, -0.25) is 5.21 Å². The molecule has 1 aliphatic carbocycles. The van der Waals surface area contributed by atoms with Crippen LogP contribution in [-0.2, 0) is 0 Å². The van der Waals surface area contributed by atoms with Crippen LogP contribution in [0.3, 0.4) is 0 Å². The lowest BCUT2D eigenvalue weighted by molar-refractivity contribution is 0.114. The normalized spacial score (nSPS) is 21.0. The molecule has 2 heterocycles. The summed E-state index contributed by atoms with van der Waals surface area (Å²) in [4.78, 5) is 4.52. The van der Waals surface area contributed by atoms with Crippen molar-refractivity contribution in [3.8, 4) is 5.75 Å². The first-order chi connectivity index (χ1) is 11.8. The summed E-state index contributed by atoms with van der Waals surface area (Å²) < 4.78 is 5.83. The fourth-order valence-corrected chi connectivity index (χ4v) is 3.52. The zero-order valence-electron chi connectivity index (χ0n) is 13.7. The lowest BCUT2D eigenvalue weighted by Crippen LogP contribution is -2.23. The highest BCUT2D eigenvalue weighted by atomic mass is 16.6. The summed E-state index contributed by atoms with van der Waals surface area (Å²) in [6.45, 7) is 0. The maximum Gasteiger partial charge on any atom is 0.223 e. The van der Waals surface area contributed by atoms with E-state index in [-0.39, 0.29) is 0 Å². The average molecular weight is 325 g/mol. The van der Waals surface area contributed by atoms with Gasteiger partial charge in [-0.1, -0.05) is 37.8 Å². The van der Waals surface area contributed by atoms with Crippen LogP contribution >= 0.6 is 0 Å². The van der Waals surface area contributed by atoms with Crippen LogP contribution in [0, 0.1) is 0 Å². The van der Waals surface area contributed by atoms with E-state index in [1.807, 2.05) is 36.4 Å². The van der Waals surface area contributed by atoms with Crippen LogP contribution in [-0.4, -0.2) is 16.2 Å². The zero-order valence-corrected chi connectivity index (χ0v) is 13.7. The molecule has 0 bridgehead atoms. The molecule has 1 atom stereocenters. The van der Waals surface area contributed by atoms with Crippen LogP contribution in [0.2, 0.25) is 0 Å². The molecule has 126 valence electrons. The summed E-state index contributed by atoms with van der Waals surface area (Å²) in [5.41, 5.74) is 1.52. The number of rotatable bonds is 3. The molecule has 5 heteroatoms. The fourth-order valence-electron chi connectivity index (χ4n) is 3.52. The van der Waals surface area contributed by atoms with E-state index in [9.17, 15) is 5.21 Å². The predicted octanol–water partition coefficient (Wildman–Crippen LogP) is 4.50. The third kappa shape index (κ3) is 3.04. The van der Waals surface area contributed by atoms with Crippen molar-refractivity contribution >= 4 is 11.5 Å². The average Bonchev–Trinajstić information content (AvgIpc) is 2.78. The molecule has 1 saturated carbocycles. The maximum absolute atomic E-state index is 10.3. The molecule has 1 unspecified atom stereocenters. The molecule has 0 radical (unpaired) electrons. The number of pyridine rings is 1. The van der Waals surface area contributed by atoms with Gasteiger partial charge in [-0.2, -0.15) is 0 Å². The lowest BCUT2D eigenvalue weighted by Gasteiger charge is -2.20. The number of hydrogen-bond acceptors (Lipinski definition) is 5. The second-order valence-corrected chi connectivity index (χ2v) is 6.59. The molecule has 2 aromatic rings. The molecule has 4 rings (SSSR count). The number of anilines is 2. The number of aromatic nitrogens is 1. The molecule has 1 fully saturated rings. The number of nitrogens with zero attached hydrogens (tertiary/aromatic N) is 2. The first-order valence-corrected chi connectivity index (χ1v) is 8.77. The van der Waals surface area contributed by atoms with Crippen molar-refractivity contribution in [2.75, 3.05) is 10.4 Å². The Labute approximate surface area is 142 Å². The van der Waals surface area contributed by atoms with Gasteiger partial charge >= 0.3 is 0 Å². The van der Waals surface area contributed by atoms with E-state index < -0.39 is 6.23 Å². The summed E-state index contributed by atoms with van der Waals surface area (Å²) in [5.74, 6) is 1.58. The lowest BCUT2D eigenvalue weighted by atomic mass is 10.1.